The minimum absolute atomic E-state index is 0.0586. The fraction of sp³-hybridized carbons (Fsp3) is 0.0400. The Morgan fingerprint density at radius 1 is 0.862 bits per heavy atom. The van der Waals surface area contributed by atoms with Crippen LogP contribution in [0.5, 0.6) is 0 Å². The smallest absolute Gasteiger partial charge is 0.268 e. The summed E-state index contributed by atoms with van der Waals surface area (Å²) in [5, 5.41) is 0.658. The van der Waals surface area contributed by atoms with Crippen LogP contribution in [0.1, 0.15) is 12.5 Å². The predicted octanol–water partition coefficient (Wildman–Crippen LogP) is 6.44. The third-order valence-corrected chi connectivity index (χ3v) is 5.32. The van der Waals surface area contributed by atoms with E-state index in [2.05, 4.69) is 6.08 Å². The van der Waals surface area contributed by atoms with Gasteiger partial charge in [-0.25, -0.2) is 4.99 Å². The first-order chi connectivity index (χ1) is 14.2. The number of anilines is 1. The summed E-state index contributed by atoms with van der Waals surface area (Å²) in [7, 11) is 0. The third-order valence-electron chi connectivity index (χ3n) is 4.35. The number of amidine groups is 1. The van der Waals surface area contributed by atoms with Gasteiger partial charge in [0.05, 0.1) is 16.3 Å². The maximum atomic E-state index is 13.2. The standard InChI is InChI=1S/C25H20N2OS/c1-19(17-20-11-5-2-6-12-20)18-23-24(28)27(22-15-9-4-10-16-22)25(29-23)26-21-13-7-3-8-14-21/h2-18H,1H3/b19-17+,23-18-,26-25?. The Morgan fingerprint density at radius 3 is 2.10 bits per heavy atom. The van der Waals surface area contributed by atoms with Gasteiger partial charge in [-0.1, -0.05) is 72.8 Å². The molecule has 1 aliphatic heterocycles. The zero-order chi connectivity index (χ0) is 20.1. The highest BCUT2D eigenvalue weighted by atomic mass is 32.2. The van der Waals surface area contributed by atoms with Crippen molar-refractivity contribution < 1.29 is 4.79 Å². The van der Waals surface area contributed by atoms with E-state index in [9.17, 15) is 4.79 Å². The van der Waals surface area contributed by atoms with E-state index in [4.69, 9.17) is 4.99 Å². The number of para-hydroxylation sites is 2. The van der Waals surface area contributed by atoms with Crippen LogP contribution in [-0.2, 0) is 4.79 Å². The maximum absolute atomic E-state index is 13.2. The molecule has 4 rings (SSSR count). The summed E-state index contributed by atoms with van der Waals surface area (Å²) >= 11 is 1.40. The van der Waals surface area contributed by atoms with Crippen LogP contribution < -0.4 is 4.90 Å². The lowest BCUT2D eigenvalue weighted by Gasteiger charge is -2.15. The minimum Gasteiger partial charge on any atom is -0.268 e. The van der Waals surface area contributed by atoms with Crippen molar-refractivity contribution >= 4 is 40.3 Å². The van der Waals surface area contributed by atoms with E-state index in [0.717, 1.165) is 22.5 Å². The van der Waals surface area contributed by atoms with E-state index in [0.29, 0.717) is 10.1 Å². The normalized spacial score (nSPS) is 17.3. The molecular weight excluding hydrogens is 376 g/mol. The molecule has 3 aromatic carbocycles. The zero-order valence-electron chi connectivity index (χ0n) is 16.0. The number of nitrogens with zero attached hydrogens (tertiary/aromatic N) is 2. The molecule has 1 fully saturated rings. The molecule has 1 heterocycles. The second-order valence-corrected chi connectivity index (χ2v) is 7.62. The Morgan fingerprint density at radius 2 is 1.45 bits per heavy atom. The number of rotatable bonds is 4. The molecule has 0 saturated carbocycles. The summed E-state index contributed by atoms with van der Waals surface area (Å²) in [5.74, 6) is -0.0586. The Hall–Kier alpha value is -3.37. The topological polar surface area (TPSA) is 32.7 Å². The van der Waals surface area contributed by atoms with Crippen molar-refractivity contribution in [3.05, 3.63) is 113 Å². The molecule has 0 N–H and O–H groups in total. The van der Waals surface area contributed by atoms with Crippen molar-refractivity contribution in [3.63, 3.8) is 0 Å². The van der Waals surface area contributed by atoms with Crippen molar-refractivity contribution in [3.8, 4) is 0 Å². The first kappa shape index (κ1) is 19.0. The molecule has 0 aromatic heterocycles. The fourth-order valence-corrected chi connectivity index (χ4v) is 4.08. The molecule has 29 heavy (non-hydrogen) atoms. The summed E-state index contributed by atoms with van der Waals surface area (Å²) in [6, 6.07) is 29.4. The minimum atomic E-state index is -0.0586. The number of hydrogen-bond acceptors (Lipinski definition) is 3. The number of allylic oxidation sites excluding steroid dienone is 2. The largest absolute Gasteiger partial charge is 0.271 e. The molecule has 1 saturated heterocycles. The van der Waals surface area contributed by atoms with Gasteiger partial charge in [0.1, 0.15) is 0 Å². The molecule has 0 unspecified atom stereocenters. The van der Waals surface area contributed by atoms with Gasteiger partial charge in [0.15, 0.2) is 5.17 Å². The molecule has 0 radical (unpaired) electrons. The van der Waals surface area contributed by atoms with Crippen LogP contribution in [0.15, 0.2) is 113 Å². The van der Waals surface area contributed by atoms with Gasteiger partial charge in [0.2, 0.25) is 0 Å². The van der Waals surface area contributed by atoms with Gasteiger partial charge in [-0.3, -0.25) is 9.69 Å². The molecule has 1 amide bonds. The Balaban J connectivity index is 1.71. The SMILES string of the molecule is CC(/C=C1\SC(=Nc2ccccc2)N(c2ccccc2)C1=O)=C\c1ccccc1. The van der Waals surface area contributed by atoms with E-state index in [-0.39, 0.29) is 5.91 Å². The van der Waals surface area contributed by atoms with Crippen LogP contribution in [0.2, 0.25) is 0 Å². The number of amides is 1. The maximum Gasteiger partial charge on any atom is 0.271 e. The van der Waals surface area contributed by atoms with Crippen LogP contribution >= 0.6 is 11.8 Å². The van der Waals surface area contributed by atoms with Gasteiger partial charge in [-0.15, -0.1) is 0 Å². The van der Waals surface area contributed by atoms with Gasteiger partial charge >= 0.3 is 0 Å². The van der Waals surface area contributed by atoms with E-state index in [1.165, 1.54) is 11.8 Å². The Labute approximate surface area is 175 Å². The molecule has 142 valence electrons. The number of carbonyl (C=O) groups is 1. The lowest BCUT2D eigenvalue weighted by Crippen LogP contribution is -2.28. The summed E-state index contributed by atoms with van der Waals surface area (Å²) in [6.45, 7) is 2.01. The lowest BCUT2D eigenvalue weighted by molar-refractivity contribution is -0.113. The highest BCUT2D eigenvalue weighted by molar-refractivity contribution is 8.19. The summed E-state index contributed by atoms with van der Waals surface area (Å²) in [4.78, 5) is 20.3. The third kappa shape index (κ3) is 4.55. The molecular formula is C25H20N2OS. The van der Waals surface area contributed by atoms with Crippen molar-refractivity contribution in [2.75, 3.05) is 4.90 Å². The van der Waals surface area contributed by atoms with Crippen molar-refractivity contribution in [1.82, 2.24) is 0 Å². The monoisotopic (exact) mass is 396 g/mol. The van der Waals surface area contributed by atoms with Crippen LogP contribution in [0, 0.1) is 0 Å². The summed E-state index contributed by atoms with van der Waals surface area (Å²) in [6.07, 6.45) is 4.00. The van der Waals surface area contributed by atoms with Crippen LogP contribution in [-0.4, -0.2) is 11.1 Å². The average molecular weight is 397 g/mol. The molecule has 4 heteroatoms. The van der Waals surface area contributed by atoms with Crippen LogP contribution in [0.4, 0.5) is 11.4 Å². The summed E-state index contributed by atoms with van der Waals surface area (Å²) < 4.78 is 0. The number of thioether (sulfide) groups is 1. The number of hydrogen-bond donors (Lipinski definition) is 0. The summed E-state index contributed by atoms with van der Waals surface area (Å²) in [5.41, 5.74) is 3.76. The average Bonchev–Trinajstić information content (AvgIpc) is 3.04. The van der Waals surface area contributed by atoms with Crippen LogP contribution in [0.25, 0.3) is 6.08 Å². The first-order valence-corrected chi connectivity index (χ1v) is 10.2. The van der Waals surface area contributed by atoms with Gasteiger partial charge in [0, 0.05) is 0 Å². The highest BCUT2D eigenvalue weighted by Crippen LogP contribution is 2.36. The number of aliphatic imine (C=N–C) groups is 1. The van der Waals surface area contributed by atoms with Gasteiger partial charge in [-0.2, -0.15) is 0 Å². The van der Waals surface area contributed by atoms with Gasteiger partial charge in [0.25, 0.3) is 5.91 Å². The molecule has 0 atom stereocenters. The number of carbonyl (C=O) groups excluding carboxylic acids is 1. The van der Waals surface area contributed by atoms with Gasteiger partial charge < -0.3 is 0 Å². The van der Waals surface area contributed by atoms with Crippen molar-refractivity contribution in [2.45, 2.75) is 6.92 Å². The zero-order valence-corrected chi connectivity index (χ0v) is 16.8. The van der Waals surface area contributed by atoms with E-state index in [1.54, 1.807) is 4.90 Å². The molecule has 3 nitrogen and oxygen atoms in total. The van der Waals surface area contributed by atoms with Crippen LogP contribution in [0.3, 0.4) is 0 Å². The molecule has 0 bridgehead atoms. The van der Waals surface area contributed by atoms with Gasteiger partial charge in [-0.05, 0) is 60.2 Å². The molecule has 0 aliphatic carbocycles. The predicted molar refractivity (Wildman–Crippen MR) is 123 cm³/mol. The van der Waals surface area contributed by atoms with E-state index >= 15 is 0 Å². The fourth-order valence-electron chi connectivity index (χ4n) is 3.03. The molecule has 3 aromatic rings. The highest BCUT2D eigenvalue weighted by Gasteiger charge is 2.34. The first-order valence-electron chi connectivity index (χ1n) is 9.37. The van der Waals surface area contributed by atoms with Crippen molar-refractivity contribution in [2.24, 2.45) is 4.99 Å². The Kier molecular flexibility index (Phi) is 5.73. The molecule has 0 spiro atoms. The van der Waals surface area contributed by atoms with E-state index < -0.39 is 0 Å². The van der Waals surface area contributed by atoms with E-state index in [1.807, 2.05) is 104 Å². The second-order valence-electron chi connectivity index (χ2n) is 6.62. The second kappa shape index (κ2) is 8.76. The lowest BCUT2D eigenvalue weighted by atomic mass is 10.1. The van der Waals surface area contributed by atoms with Crippen molar-refractivity contribution in [1.29, 1.82) is 0 Å². The Bertz CT molecular complexity index is 1090. The quantitative estimate of drug-likeness (QED) is 0.475. The number of benzene rings is 3. The molecule has 1 aliphatic rings.